The van der Waals surface area contributed by atoms with Crippen LogP contribution < -0.4 is 15.4 Å². The van der Waals surface area contributed by atoms with Crippen molar-refractivity contribution in [1.29, 1.82) is 0 Å². The van der Waals surface area contributed by atoms with E-state index in [9.17, 15) is 13.9 Å². The molecule has 2 atom stereocenters. The minimum atomic E-state index is -0.831. The van der Waals surface area contributed by atoms with Gasteiger partial charge >= 0.3 is 0 Å². The van der Waals surface area contributed by atoms with Gasteiger partial charge in [0.15, 0.2) is 5.96 Å². The molecule has 0 aliphatic carbocycles. The molecule has 2 aromatic carbocycles. The largest absolute Gasteiger partial charge is 0.489 e. The van der Waals surface area contributed by atoms with Gasteiger partial charge in [-0.25, -0.2) is 8.78 Å². The first kappa shape index (κ1) is 20.6. The van der Waals surface area contributed by atoms with Gasteiger partial charge in [0.25, 0.3) is 0 Å². The van der Waals surface area contributed by atoms with Gasteiger partial charge in [-0.15, -0.1) is 0 Å². The summed E-state index contributed by atoms with van der Waals surface area (Å²) >= 11 is 0. The Kier molecular flexibility index (Phi) is 8.00. The van der Waals surface area contributed by atoms with Crippen LogP contribution in [0.5, 0.6) is 5.75 Å². The first-order chi connectivity index (χ1) is 13.0. The Morgan fingerprint density at radius 2 is 1.85 bits per heavy atom. The molecule has 2 aromatic rings. The van der Waals surface area contributed by atoms with Gasteiger partial charge in [0.1, 0.15) is 23.5 Å². The van der Waals surface area contributed by atoms with Crippen LogP contribution in [0.3, 0.4) is 0 Å². The molecular weight excluding hydrogens is 352 g/mol. The van der Waals surface area contributed by atoms with Crippen molar-refractivity contribution in [2.75, 3.05) is 19.6 Å². The lowest BCUT2D eigenvalue weighted by Crippen LogP contribution is -2.42. The third kappa shape index (κ3) is 7.22. The zero-order valence-corrected chi connectivity index (χ0v) is 15.5. The van der Waals surface area contributed by atoms with Gasteiger partial charge in [-0.3, -0.25) is 4.99 Å². The number of nitrogens with one attached hydrogen (secondary N) is 2. The summed E-state index contributed by atoms with van der Waals surface area (Å²) in [7, 11) is 0. The molecule has 0 aliphatic rings. The van der Waals surface area contributed by atoms with Crippen LogP contribution in [0.4, 0.5) is 8.78 Å². The number of ether oxygens (including phenoxy) is 1. The maximum atomic E-state index is 13.2. The normalized spacial score (nSPS) is 13.7. The van der Waals surface area contributed by atoms with Gasteiger partial charge in [0.05, 0.1) is 19.2 Å². The molecule has 0 saturated carbocycles. The number of guanidine groups is 1. The van der Waals surface area contributed by atoms with Crippen molar-refractivity contribution in [3.05, 3.63) is 65.7 Å². The minimum absolute atomic E-state index is 0.125. The van der Waals surface area contributed by atoms with E-state index in [2.05, 4.69) is 15.6 Å². The number of aliphatic hydroxyl groups excluding tert-OH is 1. The Labute approximate surface area is 158 Å². The average Bonchev–Trinajstić information content (AvgIpc) is 2.64. The smallest absolute Gasteiger partial charge is 0.191 e. The van der Waals surface area contributed by atoms with Crippen molar-refractivity contribution in [2.45, 2.75) is 26.1 Å². The highest BCUT2D eigenvalue weighted by Gasteiger charge is 2.09. The molecule has 0 bridgehead atoms. The molecule has 7 heteroatoms. The van der Waals surface area contributed by atoms with E-state index in [1.54, 1.807) is 12.1 Å². The van der Waals surface area contributed by atoms with E-state index in [0.717, 1.165) is 0 Å². The zero-order valence-electron chi connectivity index (χ0n) is 15.5. The van der Waals surface area contributed by atoms with E-state index >= 15 is 0 Å². The van der Waals surface area contributed by atoms with Crippen molar-refractivity contribution in [3.63, 3.8) is 0 Å². The Balaban J connectivity index is 1.87. The number of benzene rings is 2. The van der Waals surface area contributed by atoms with Gasteiger partial charge in [0, 0.05) is 12.6 Å². The molecule has 0 saturated heterocycles. The molecule has 0 heterocycles. The number of halogens is 2. The number of aliphatic hydroxyl groups is 1. The van der Waals surface area contributed by atoms with E-state index in [1.165, 1.54) is 36.4 Å². The maximum absolute atomic E-state index is 13.2. The maximum Gasteiger partial charge on any atom is 0.191 e. The van der Waals surface area contributed by atoms with Crippen molar-refractivity contribution >= 4 is 5.96 Å². The molecule has 0 aromatic heterocycles. The van der Waals surface area contributed by atoms with Crippen LogP contribution in [0, 0.1) is 11.6 Å². The summed E-state index contributed by atoms with van der Waals surface area (Å²) in [5, 5.41) is 16.4. The zero-order chi connectivity index (χ0) is 19.6. The summed E-state index contributed by atoms with van der Waals surface area (Å²) in [6.45, 7) is 5.00. The fraction of sp³-hybridized carbons (Fsp3) is 0.350. The van der Waals surface area contributed by atoms with Gasteiger partial charge in [0.2, 0.25) is 0 Å². The van der Waals surface area contributed by atoms with Crippen LogP contribution in [0.2, 0.25) is 0 Å². The van der Waals surface area contributed by atoms with Crippen molar-refractivity contribution in [2.24, 2.45) is 4.99 Å². The SMILES string of the molecule is CCNC(=NCC(O)c1ccc(F)cc1)NCC(C)Oc1cccc(F)c1. The van der Waals surface area contributed by atoms with Crippen molar-refractivity contribution < 1.29 is 18.6 Å². The molecule has 0 spiro atoms. The van der Waals surface area contributed by atoms with E-state index in [1.807, 2.05) is 13.8 Å². The molecule has 146 valence electrons. The summed E-state index contributed by atoms with van der Waals surface area (Å²) in [6.07, 6.45) is -1.06. The number of hydrogen-bond acceptors (Lipinski definition) is 3. The molecular formula is C20H25F2N3O2. The lowest BCUT2D eigenvalue weighted by molar-refractivity contribution is 0.187. The van der Waals surface area contributed by atoms with Crippen LogP contribution in [0.1, 0.15) is 25.5 Å². The van der Waals surface area contributed by atoms with Crippen LogP contribution in [0.15, 0.2) is 53.5 Å². The number of nitrogens with zero attached hydrogens (tertiary/aromatic N) is 1. The number of hydrogen-bond donors (Lipinski definition) is 3. The van der Waals surface area contributed by atoms with Gasteiger partial charge in [-0.1, -0.05) is 18.2 Å². The van der Waals surface area contributed by atoms with E-state index in [-0.39, 0.29) is 24.3 Å². The molecule has 2 rings (SSSR count). The molecule has 5 nitrogen and oxygen atoms in total. The van der Waals surface area contributed by atoms with Crippen LogP contribution in [0.25, 0.3) is 0 Å². The highest BCUT2D eigenvalue weighted by atomic mass is 19.1. The van der Waals surface area contributed by atoms with Gasteiger partial charge in [-0.2, -0.15) is 0 Å². The summed E-state index contributed by atoms with van der Waals surface area (Å²) < 4.78 is 31.8. The summed E-state index contributed by atoms with van der Waals surface area (Å²) in [5.74, 6) is 0.278. The van der Waals surface area contributed by atoms with Crippen LogP contribution >= 0.6 is 0 Å². The second kappa shape index (κ2) is 10.5. The number of rotatable bonds is 8. The summed E-state index contributed by atoms with van der Waals surface area (Å²) in [6, 6.07) is 11.6. The third-order valence-corrected chi connectivity index (χ3v) is 3.71. The first-order valence-corrected chi connectivity index (χ1v) is 8.86. The molecule has 0 amide bonds. The standard InChI is InChI=1S/C20H25F2N3O2/c1-3-23-20(25-13-19(26)15-7-9-16(21)10-8-15)24-12-14(2)27-18-6-4-5-17(22)11-18/h4-11,14,19,26H,3,12-13H2,1-2H3,(H2,23,24,25). The lowest BCUT2D eigenvalue weighted by Gasteiger charge is -2.18. The molecule has 3 N–H and O–H groups in total. The van der Waals surface area contributed by atoms with E-state index in [0.29, 0.717) is 30.4 Å². The highest BCUT2D eigenvalue weighted by molar-refractivity contribution is 5.79. The van der Waals surface area contributed by atoms with Crippen LogP contribution in [-0.4, -0.2) is 36.8 Å². The second-order valence-corrected chi connectivity index (χ2v) is 6.05. The quantitative estimate of drug-likeness (QED) is 0.489. The molecule has 0 aliphatic heterocycles. The Morgan fingerprint density at radius 3 is 2.52 bits per heavy atom. The monoisotopic (exact) mass is 377 g/mol. The summed E-state index contributed by atoms with van der Waals surface area (Å²) in [4.78, 5) is 4.34. The second-order valence-electron chi connectivity index (χ2n) is 6.05. The Hall–Kier alpha value is -2.67. The fourth-order valence-electron chi connectivity index (χ4n) is 2.36. The average molecular weight is 377 g/mol. The van der Waals surface area contributed by atoms with Crippen LogP contribution in [-0.2, 0) is 0 Å². The van der Waals surface area contributed by atoms with Crippen molar-refractivity contribution in [1.82, 2.24) is 10.6 Å². The molecule has 0 fully saturated rings. The van der Waals surface area contributed by atoms with Crippen molar-refractivity contribution in [3.8, 4) is 5.75 Å². The lowest BCUT2D eigenvalue weighted by atomic mass is 10.1. The highest BCUT2D eigenvalue weighted by Crippen LogP contribution is 2.14. The topological polar surface area (TPSA) is 65.9 Å². The fourth-order valence-corrected chi connectivity index (χ4v) is 2.36. The van der Waals surface area contributed by atoms with Gasteiger partial charge in [-0.05, 0) is 43.7 Å². The Bertz CT molecular complexity index is 738. The van der Waals surface area contributed by atoms with Gasteiger partial charge < -0.3 is 20.5 Å². The summed E-state index contributed by atoms with van der Waals surface area (Å²) in [5.41, 5.74) is 0.596. The minimum Gasteiger partial charge on any atom is -0.489 e. The van der Waals surface area contributed by atoms with E-state index in [4.69, 9.17) is 4.74 Å². The first-order valence-electron chi connectivity index (χ1n) is 8.86. The predicted octanol–water partition coefficient (Wildman–Crippen LogP) is 3.02. The molecule has 2 unspecified atom stereocenters. The Morgan fingerprint density at radius 1 is 1.11 bits per heavy atom. The molecule has 0 radical (unpaired) electrons. The molecule has 27 heavy (non-hydrogen) atoms. The van der Waals surface area contributed by atoms with E-state index < -0.39 is 6.10 Å². The predicted molar refractivity (Wildman–Crippen MR) is 102 cm³/mol. The number of aliphatic imine (C=N–C) groups is 1. The third-order valence-electron chi connectivity index (χ3n) is 3.71.